The van der Waals surface area contributed by atoms with Crippen molar-refractivity contribution in [2.45, 2.75) is 12.8 Å². The highest BCUT2D eigenvalue weighted by atomic mass is 35.5. The van der Waals surface area contributed by atoms with Gasteiger partial charge in [0.25, 0.3) is 11.6 Å². The third-order valence-corrected chi connectivity index (χ3v) is 3.73. The third-order valence-electron chi connectivity index (χ3n) is 3.50. The SMILES string of the molecule is NC(=O)C1CCCN(C(=O)c2cc(Cl)ccc2[N+](=O)[O-])C1. The molecule has 0 bridgehead atoms. The summed E-state index contributed by atoms with van der Waals surface area (Å²) < 4.78 is 0. The second-order valence-corrected chi connectivity index (χ2v) is 5.35. The van der Waals surface area contributed by atoms with Crippen LogP contribution in [-0.4, -0.2) is 34.7 Å². The Labute approximate surface area is 125 Å². The Hall–Kier alpha value is -2.15. The molecule has 1 heterocycles. The fourth-order valence-electron chi connectivity index (χ4n) is 2.40. The molecule has 1 atom stereocenters. The normalized spacial score (nSPS) is 18.3. The van der Waals surface area contributed by atoms with E-state index in [0.717, 1.165) is 0 Å². The molecule has 0 aromatic heterocycles. The van der Waals surface area contributed by atoms with Gasteiger partial charge in [-0.25, -0.2) is 0 Å². The summed E-state index contributed by atoms with van der Waals surface area (Å²) in [5.41, 5.74) is 4.89. The lowest BCUT2D eigenvalue weighted by molar-refractivity contribution is -0.385. The molecule has 1 aromatic carbocycles. The van der Waals surface area contributed by atoms with Crippen molar-refractivity contribution in [1.82, 2.24) is 4.90 Å². The number of primary amides is 1. The van der Waals surface area contributed by atoms with Crippen molar-refractivity contribution in [2.24, 2.45) is 11.7 Å². The highest BCUT2D eigenvalue weighted by Gasteiger charge is 2.30. The summed E-state index contributed by atoms with van der Waals surface area (Å²) >= 11 is 5.82. The predicted octanol–water partition coefficient (Wildman–Crippen LogP) is 1.59. The lowest BCUT2D eigenvalue weighted by Gasteiger charge is -2.31. The van der Waals surface area contributed by atoms with E-state index >= 15 is 0 Å². The fourth-order valence-corrected chi connectivity index (χ4v) is 2.58. The smallest absolute Gasteiger partial charge is 0.282 e. The summed E-state index contributed by atoms with van der Waals surface area (Å²) in [6, 6.07) is 3.83. The molecule has 2 rings (SSSR count). The van der Waals surface area contributed by atoms with Gasteiger partial charge in [-0.1, -0.05) is 11.6 Å². The first-order valence-corrected chi connectivity index (χ1v) is 6.80. The van der Waals surface area contributed by atoms with Crippen molar-refractivity contribution in [2.75, 3.05) is 13.1 Å². The number of rotatable bonds is 3. The lowest BCUT2D eigenvalue weighted by Crippen LogP contribution is -2.44. The molecule has 2 N–H and O–H groups in total. The van der Waals surface area contributed by atoms with Gasteiger partial charge < -0.3 is 10.6 Å². The van der Waals surface area contributed by atoms with E-state index < -0.39 is 22.7 Å². The molecule has 21 heavy (non-hydrogen) atoms. The zero-order chi connectivity index (χ0) is 15.6. The first-order chi connectivity index (χ1) is 9.90. The Bertz CT molecular complexity index is 605. The van der Waals surface area contributed by atoms with Crippen molar-refractivity contribution in [3.63, 3.8) is 0 Å². The summed E-state index contributed by atoms with van der Waals surface area (Å²) in [7, 11) is 0. The first kappa shape index (κ1) is 15.2. The average molecular weight is 312 g/mol. The molecule has 0 saturated carbocycles. The number of carbonyl (C=O) groups is 2. The Morgan fingerprint density at radius 1 is 1.43 bits per heavy atom. The maximum absolute atomic E-state index is 12.5. The van der Waals surface area contributed by atoms with Crippen molar-refractivity contribution >= 4 is 29.1 Å². The minimum atomic E-state index is -0.626. The van der Waals surface area contributed by atoms with Crippen LogP contribution in [0.2, 0.25) is 5.02 Å². The van der Waals surface area contributed by atoms with Crippen LogP contribution in [0.25, 0.3) is 0 Å². The number of nitrogens with two attached hydrogens (primary N) is 1. The van der Waals surface area contributed by atoms with E-state index in [1.807, 2.05) is 0 Å². The molecule has 1 fully saturated rings. The van der Waals surface area contributed by atoms with Crippen LogP contribution in [0, 0.1) is 16.0 Å². The molecule has 2 amide bonds. The van der Waals surface area contributed by atoms with Crippen LogP contribution in [0.15, 0.2) is 18.2 Å². The van der Waals surface area contributed by atoms with Crippen molar-refractivity contribution in [3.05, 3.63) is 38.9 Å². The second kappa shape index (κ2) is 6.09. The Balaban J connectivity index is 2.29. The van der Waals surface area contributed by atoms with Gasteiger partial charge in [-0.2, -0.15) is 0 Å². The van der Waals surface area contributed by atoms with E-state index in [1.165, 1.54) is 23.1 Å². The molecule has 1 saturated heterocycles. The molecule has 0 radical (unpaired) electrons. The Kier molecular flexibility index (Phi) is 4.42. The molecule has 1 unspecified atom stereocenters. The van der Waals surface area contributed by atoms with Gasteiger partial charge in [-0.05, 0) is 25.0 Å². The van der Waals surface area contributed by atoms with Gasteiger partial charge in [0, 0.05) is 24.2 Å². The minimum absolute atomic E-state index is 0.0716. The van der Waals surface area contributed by atoms with Gasteiger partial charge in [0.05, 0.1) is 10.8 Å². The van der Waals surface area contributed by atoms with Gasteiger partial charge in [0.15, 0.2) is 0 Å². The van der Waals surface area contributed by atoms with E-state index in [-0.39, 0.29) is 22.8 Å². The molecule has 1 aliphatic rings. The number of amides is 2. The summed E-state index contributed by atoms with van der Waals surface area (Å²) in [6.45, 7) is 0.615. The number of piperidine rings is 1. The van der Waals surface area contributed by atoms with E-state index in [0.29, 0.717) is 19.4 Å². The van der Waals surface area contributed by atoms with Gasteiger partial charge in [-0.15, -0.1) is 0 Å². The van der Waals surface area contributed by atoms with Crippen molar-refractivity contribution in [1.29, 1.82) is 0 Å². The molecule has 1 aromatic rings. The molecule has 0 aliphatic carbocycles. The highest BCUT2D eigenvalue weighted by molar-refractivity contribution is 6.31. The molecule has 112 valence electrons. The molecular formula is C13H14ClN3O4. The maximum Gasteiger partial charge on any atom is 0.282 e. The Morgan fingerprint density at radius 2 is 2.14 bits per heavy atom. The van der Waals surface area contributed by atoms with Crippen LogP contribution in [0.5, 0.6) is 0 Å². The van der Waals surface area contributed by atoms with Crippen LogP contribution in [0.3, 0.4) is 0 Å². The average Bonchev–Trinajstić information content (AvgIpc) is 2.46. The molecule has 7 nitrogen and oxygen atoms in total. The predicted molar refractivity (Wildman–Crippen MR) is 75.9 cm³/mol. The largest absolute Gasteiger partial charge is 0.369 e. The number of nitro groups is 1. The van der Waals surface area contributed by atoms with Crippen molar-refractivity contribution in [3.8, 4) is 0 Å². The number of halogens is 1. The van der Waals surface area contributed by atoms with Crippen LogP contribution in [0.4, 0.5) is 5.69 Å². The number of hydrogen-bond acceptors (Lipinski definition) is 4. The van der Waals surface area contributed by atoms with Crippen LogP contribution in [-0.2, 0) is 4.79 Å². The topological polar surface area (TPSA) is 107 Å². The quantitative estimate of drug-likeness (QED) is 0.675. The van der Waals surface area contributed by atoms with E-state index in [1.54, 1.807) is 0 Å². The lowest BCUT2D eigenvalue weighted by atomic mass is 9.96. The van der Waals surface area contributed by atoms with Gasteiger partial charge >= 0.3 is 0 Å². The van der Waals surface area contributed by atoms with E-state index in [4.69, 9.17) is 17.3 Å². The fraction of sp³-hybridized carbons (Fsp3) is 0.385. The maximum atomic E-state index is 12.5. The van der Waals surface area contributed by atoms with Crippen LogP contribution < -0.4 is 5.73 Å². The monoisotopic (exact) mass is 311 g/mol. The van der Waals surface area contributed by atoms with Gasteiger partial charge in [0.1, 0.15) is 5.56 Å². The molecule has 0 spiro atoms. The zero-order valence-corrected chi connectivity index (χ0v) is 11.9. The zero-order valence-electron chi connectivity index (χ0n) is 11.1. The molecular weight excluding hydrogens is 298 g/mol. The summed E-state index contributed by atoms with van der Waals surface area (Å²) in [6.07, 6.45) is 1.25. The van der Waals surface area contributed by atoms with E-state index in [2.05, 4.69) is 0 Å². The van der Waals surface area contributed by atoms with Crippen LogP contribution in [0.1, 0.15) is 23.2 Å². The van der Waals surface area contributed by atoms with Gasteiger partial charge in [0.2, 0.25) is 5.91 Å². The number of benzene rings is 1. The van der Waals surface area contributed by atoms with Crippen LogP contribution >= 0.6 is 11.6 Å². The number of likely N-dealkylation sites (tertiary alicyclic amines) is 1. The van der Waals surface area contributed by atoms with Gasteiger partial charge in [-0.3, -0.25) is 19.7 Å². The third kappa shape index (κ3) is 3.30. The first-order valence-electron chi connectivity index (χ1n) is 6.42. The van der Waals surface area contributed by atoms with E-state index in [9.17, 15) is 19.7 Å². The summed E-state index contributed by atoms with van der Waals surface area (Å²) in [4.78, 5) is 35.5. The minimum Gasteiger partial charge on any atom is -0.369 e. The van der Waals surface area contributed by atoms with Crippen molar-refractivity contribution < 1.29 is 14.5 Å². The number of nitrogens with zero attached hydrogens (tertiary/aromatic N) is 2. The standard InChI is InChI=1S/C13H14ClN3O4/c14-9-3-4-11(17(20)21)10(6-9)13(19)16-5-1-2-8(7-16)12(15)18/h3-4,6,8H,1-2,5,7H2,(H2,15,18). The number of hydrogen-bond donors (Lipinski definition) is 1. The summed E-state index contributed by atoms with van der Waals surface area (Å²) in [5, 5.41) is 11.3. The second-order valence-electron chi connectivity index (χ2n) is 4.91. The molecule has 1 aliphatic heterocycles. The highest BCUT2D eigenvalue weighted by Crippen LogP contribution is 2.26. The summed E-state index contributed by atoms with van der Waals surface area (Å²) in [5.74, 6) is -1.39. The number of nitro benzene ring substituents is 1. The Morgan fingerprint density at radius 3 is 2.76 bits per heavy atom. The number of carbonyl (C=O) groups excluding carboxylic acids is 2. The molecule has 8 heteroatoms.